The van der Waals surface area contributed by atoms with Crippen molar-refractivity contribution in [2.45, 2.75) is 38.8 Å². The van der Waals surface area contributed by atoms with Crippen LogP contribution in [0.15, 0.2) is 48.7 Å². The number of nitrogens with one attached hydrogen (secondary N) is 1. The second-order valence-electron chi connectivity index (χ2n) is 6.43. The van der Waals surface area contributed by atoms with Gasteiger partial charge in [0.2, 0.25) is 5.91 Å². The first kappa shape index (κ1) is 16.7. The molecule has 1 unspecified atom stereocenters. The number of aromatic nitrogens is 1. The van der Waals surface area contributed by atoms with E-state index in [2.05, 4.69) is 57.7 Å². The van der Waals surface area contributed by atoms with Crippen LogP contribution in [0.5, 0.6) is 0 Å². The normalized spacial score (nSPS) is 17.8. The minimum Gasteiger partial charge on any atom is -0.352 e. The van der Waals surface area contributed by atoms with Crippen LogP contribution >= 0.6 is 0 Å². The Hall–Kier alpha value is -2.20. The van der Waals surface area contributed by atoms with Crippen LogP contribution in [-0.2, 0) is 17.8 Å². The van der Waals surface area contributed by atoms with E-state index in [-0.39, 0.29) is 5.91 Å². The van der Waals surface area contributed by atoms with Crippen LogP contribution in [0.3, 0.4) is 0 Å². The molecule has 1 saturated heterocycles. The molecule has 24 heavy (non-hydrogen) atoms. The average molecular weight is 323 g/mol. The van der Waals surface area contributed by atoms with Crippen LogP contribution in [0, 0.1) is 0 Å². The second kappa shape index (κ2) is 8.06. The zero-order valence-corrected chi connectivity index (χ0v) is 14.2. The van der Waals surface area contributed by atoms with Gasteiger partial charge in [-0.3, -0.25) is 14.7 Å². The summed E-state index contributed by atoms with van der Waals surface area (Å²) in [5.74, 6) is -0.0121. The van der Waals surface area contributed by atoms with Gasteiger partial charge in [-0.25, -0.2) is 0 Å². The van der Waals surface area contributed by atoms with Crippen LogP contribution in [0.25, 0.3) is 0 Å². The smallest absolute Gasteiger partial charge is 0.217 e. The lowest BCUT2D eigenvalue weighted by atomic mass is 10.1. The molecule has 1 fully saturated rings. The number of rotatable bonds is 6. The molecule has 4 heteroatoms. The van der Waals surface area contributed by atoms with Crippen LogP contribution < -0.4 is 5.32 Å². The molecule has 2 heterocycles. The van der Waals surface area contributed by atoms with Crippen LogP contribution in [0.4, 0.5) is 0 Å². The molecule has 0 saturated carbocycles. The van der Waals surface area contributed by atoms with E-state index < -0.39 is 0 Å². The van der Waals surface area contributed by atoms with Gasteiger partial charge in [-0.2, -0.15) is 0 Å². The van der Waals surface area contributed by atoms with E-state index in [0.717, 1.165) is 30.8 Å². The quantitative estimate of drug-likeness (QED) is 0.888. The molecular formula is C20H25N3O. The number of nitrogens with zero attached hydrogens (tertiary/aromatic N) is 2. The Kier molecular flexibility index (Phi) is 5.59. The highest BCUT2D eigenvalue weighted by molar-refractivity contribution is 5.72. The summed E-state index contributed by atoms with van der Waals surface area (Å²) in [6.45, 7) is 4.30. The van der Waals surface area contributed by atoms with Gasteiger partial charge in [0.15, 0.2) is 0 Å². The second-order valence-corrected chi connectivity index (χ2v) is 6.43. The van der Waals surface area contributed by atoms with Gasteiger partial charge in [0.25, 0.3) is 0 Å². The van der Waals surface area contributed by atoms with Crippen molar-refractivity contribution < 1.29 is 4.79 Å². The standard InChI is InChI=1S/C20H25N3O/c1-16(24)21-14-18-9-10-19(22-15-18)20-8-5-12-23(20)13-11-17-6-3-2-4-7-17/h2-4,6-7,9-10,15,20H,5,8,11-14H2,1H3,(H,21,24). The van der Waals surface area contributed by atoms with Gasteiger partial charge in [0.1, 0.15) is 0 Å². The van der Waals surface area contributed by atoms with Crippen molar-refractivity contribution in [2.75, 3.05) is 13.1 Å². The molecule has 1 aliphatic rings. The number of benzene rings is 1. The molecule has 1 aromatic carbocycles. The monoisotopic (exact) mass is 323 g/mol. The third kappa shape index (κ3) is 4.42. The van der Waals surface area contributed by atoms with Crippen molar-refractivity contribution in [3.05, 3.63) is 65.5 Å². The van der Waals surface area contributed by atoms with Gasteiger partial charge in [-0.1, -0.05) is 36.4 Å². The summed E-state index contributed by atoms with van der Waals surface area (Å²) in [5.41, 5.74) is 3.58. The summed E-state index contributed by atoms with van der Waals surface area (Å²) in [6, 6.07) is 15.3. The number of likely N-dealkylation sites (tertiary alicyclic amines) is 1. The first-order chi connectivity index (χ1) is 11.7. The van der Waals surface area contributed by atoms with Gasteiger partial charge in [-0.05, 0) is 43.0 Å². The van der Waals surface area contributed by atoms with Gasteiger partial charge in [0, 0.05) is 26.2 Å². The Bertz CT molecular complexity index is 654. The molecule has 0 bridgehead atoms. The summed E-state index contributed by atoms with van der Waals surface area (Å²) in [4.78, 5) is 18.2. The maximum absolute atomic E-state index is 11.0. The zero-order chi connectivity index (χ0) is 16.8. The Labute approximate surface area is 143 Å². The highest BCUT2D eigenvalue weighted by atomic mass is 16.1. The lowest BCUT2D eigenvalue weighted by Gasteiger charge is -2.24. The number of hydrogen-bond acceptors (Lipinski definition) is 3. The summed E-state index contributed by atoms with van der Waals surface area (Å²) >= 11 is 0. The molecule has 0 radical (unpaired) electrons. The molecule has 1 aliphatic heterocycles. The van der Waals surface area contributed by atoms with Gasteiger partial charge in [-0.15, -0.1) is 0 Å². The summed E-state index contributed by atoms with van der Waals surface area (Å²) in [7, 11) is 0. The van der Waals surface area contributed by atoms with E-state index in [9.17, 15) is 4.79 Å². The molecule has 0 spiro atoms. The van der Waals surface area contributed by atoms with Gasteiger partial charge in [0.05, 0.1) is 11.7 Å². The van der Waals surface area contributed by atoms with Crippen molar-refractivity contribution in [1.29, 1.82) is 0 Å². The number of amides is 1. The first-order valence-electron chi connectivity index (χ1n) is 8.69. The average Bonchev–Trinajstić information content (AvgIpc) is 3.08. The minimum absolute atomic E-state index is 0.0121. The highest BCUT2D eigenvalue weighted by Gasteiger charge is 2.26. The third-order valence-electron chi connectivity index (χ3n) is 4.62. The van der Waals surface area contributed by atoms with Crippen molar-refractivity contribution in [2.24, 2.45) is 0 Å². The van der Waals surface area contributed by atoms with E-state index >= 15 is 0 Å². The predicted molar refractivity (Wildman–Crippen MR) is 95.5 cm³/mol. The molecular weight excluding hydrogens is 298 g/mol. The molecule has 4 nitrogen and oxygen atoms in total. The first-order valence-corrected chi connectivity index (χ1v) is 8.69. The fourth-order valence-electron chi connectivity index (χ4n) is 3.31. The van der Waals surface area contributed by atoms with Gasteiger partial charge < -0.3 is 5.32 Å². The van der Waals surface area contributed by atoms with E-state index in [1.165, 1.54) is 25.3 Å². The molecule has 0 aliphatic carbocycles. The Morgan fingerprint density at radius 2 is 2.04 bits per heavy atom. The van der Waals surface area contributed by atoms with E-state index in [4.69, 9.17) is 0 Å². The van der Waals surface area contributed by atoms with Crippen molar-refractivity contribution in [3.8, 4) is 0 Å². The van der Waals surface area contributed by atoms with Crippen LogP contribution in [0.2, 0.25) is 0 Å². The molecule has 126 valence electrons. The summed E-state index contributed by atoms with van der Waals surface area (Å²) in [5, 5.41) is 2.81. The van der Waals surface area contributed by atoms with E-state index in [0.29, 0.717) is 12.6 Å². The number of pyridine rings is 1. The number of hydrogen-bond donors (Lipinski definition) is 1. The van der Waals surface area contributed by atoms with E-state index in [1.54, 1.807) is 0 Å². The SMILES string of the molecule is CC(=O)NCc1ccc(C2CCCN2CCc2ccccc2)nc1. The molecule has 3 rings (SSSR count). The Morgan fingerprint density at radius 3 is 2.75 bits per heavy atom. The Balaban J connectivity index is 1.59. The number of carbonyl (C=O) groups is 1. The predicted octanol–water partition coefficient (Wildman–Crippen LogP) is 3.10. The fraction of sp³-hybridized carbons (Fsp3) is 0.400. The largest absolute Gasteiger partial charge is 0.352 e. The van der Waals surface area contributed by atoms with Crippen molar-refractivity contribution in [3.63, 3.8) is 0 Å². The zero-order valence-electron chi connectivity index (χ0n) is 14.2. The topological polar surface area (TPSA) is 45.2 Å². The number of carbonyl (C=O) groups excluding carboxylic acids is 1. The summed E-state index contributed by atoms with van der Waals surface area (Å²) in [6.07, 6.45) is 5.37. The van der Waals surface area contributed by atoms with Crippen molar-refractivity contribution in [1.82, 2.24) is 15.2 Å². The Morgan fingerprint density at radius 1 is 1.21 bits per heavy atom. The van der Waals surface area contributed by atoms with Gasteiger partial charge >= 0.3 is 0 Å². The highest BCUT2D eigenvalue weighted by Crippen LogP contribution is 2.30. The van der Waals surface area contributed by atoms with Crippen molar-refractivity contribution >= 4 is 5.91 Å². The maximum Gasteiger partial charge on any atom is 0.217 e. The van der Waals surface area contributed by atoms with Crippen LogP contribution in [0.1, 0.15) is 42.6 Å². The fourth-order valence-corrected chi connectivity index (χ4v) is 3.31. The summed E-state index contributed by atoms with van der Waals surface area (Å²) < 4.78 is 0. The lowest BCUT2D eigenvalue weighted by Crippen LogP contribution is -2.26. The molecule has 1 atom stereocenters. The molecule has 1 amide bonds. The van der Waals surface area contributed by atoms with E-state index in [1.807, 2.05) is 6.20 Å². The third-order valence-corrected chi connectivity index (χ3v) is 4.62. The lowest BCUT2D eigenvalue weighted by molar-refractivity contribution is -0.119. The molecule has 2 aromatic rings. The maximum atomic E-state index is 11.0. The van der Waals surface area contributed by atoms with Crippen LogP contribution in [-0.4, -0.2) is 28.9 Å². The molecule has 1 aromatic heterocycles. The molecule has 1 N–H and O–H groups in total. The minimum atomic E-state index is -0.0121.